The lowest BCUT2D eigenvalue weighted by molar-refractivity contribution is 0.445. The molecule has 0 aliphatic heterocycles. The number of hydrogen-bond acceptors (Lipinski definition) is 3. The quantitative estimate of drug-likeness (QED) is 0.565. The summed E-state index contributed by atoms with van der Waals surface area (Å²) in [6.07, 6.45) is 7.38. The van der Waals surface area contributed by atoms with Crippen molar-refractivity contribution in [3.63, 3.8) is 0 Å². The summed E-state index contributed by atoms with van der Waals surface area (Å²) in [7, 11) is 0. The number of anilines is 1. The number of rotatable bonds is 4. The van der Waals surface area contributed by atoms with Crippen molar-refractivity contribution in [2.75, 3.05) is 5.32 Å². The molecule has 2 aromatic heterocycles. The number of fused-ring (bicyclic) bond motifs is 1. The third-order valence-corrected chi connectivity index (χ3v) is 5.15. The Balaban J connectivity index is 1.61. The van der Waals surface area contributed by atoms with Gasteiger partial charge in [0, 0.05) is 17.4 Å². The molecule has 1 aliphatic rings. The minimum Gasteiger partial charge on any atom is -0.382 e. The zero-order valence-electron chi connectivity index (χ0n) is 14.5. The summed E-state index contributed by atoms with van der Waals surface area (Å²) in [5.41, 5.74) is 6.57. The molecule has 0 unspecified atom stereocenters. The lowest BCUT2D eigenvalue weighted by Crippen LogP contribution is -2.26. The van der Waals surface area contributed by atoms with Crippen molar-refractivity contribution in [3.8, 4) is 16.9 Å². The van der Waals surface area contributed by atoms with Gasteiger partial charge in [-0.05, 0) is 55.2 Å². The van der Waals surface area contributed by atoms with Crippen LogP contribution in [-0.4, -0.2) is 20.6 Å². The van der Waals surface area contributed by atoms with Gasteiger partial charge in [0.2, 0.25) is 0 Å². The maximum absolute atomic E-state index is 4.44. The molecule has 2 aromatic carbocycles. The Bertz CT molecular complexity index is 1030. The maximum atomic E-state index is 4.44. The molecule has 5 rings (SSSR count). The van der Waals surface area contributed by atoms with Crippen LogP contribution >= 0.6 is 0 Å². The highest BCUT2D eigenvalue weighted by Gasteiger charge is 2.17. The van der Waals surface area contributed by atoms with Gasteiger partial charge >= 0.3 is 0 Å². The van der Waals surface area contributed by atoms with E-state index in [2.05, 4.69) is 74.4 Å². The molecule has 4 nitrogen and oxygen atoms in total. The first kappa shape index (κ1) is 15.1. The van der Waals surface area contributed by atoms with E-state index in [1.54, 1.807) is 6.33 Å². The monoisotopic (exact) mass is 340 g/mol. The van der Waals surface area contributed by atoms with Gasteiger partial charge in [-0.1, -0.05) is 30.3 Å². The number of hydrogen-bond donors (Lipinski definition) is 1. The first-order chi connectivity index (χ1) is 12.9. The van der Waals surface area contributed by atoms with E-state index < -0.39 is 0 Å². The molecule has 0 saturated heterocycles. The van der Waals surface area contributed by atoms with Crippen LogP contribution in [0.15, 0.2) is 73.2 Å². The summed E-state index contributed by atoms with van der Waals surface area (Å²) in [5, 5.41) is 3.60. The Morgan fingerprint density at radius 1 is 0.962 bits per heavy atom. The van der Waals surface area contributed by atoms with Gasteiger partial charge in [-0.2, -0.15) is 0 Å². The van der Waals surface area contributed by atoms with Crippen LogP contribution in [0.5, 0.6) is 0 Å². The molecule has 1 fully saturated rings. The Morgan fingerprint density at radius 2 is 1.77 bits per heavy atom. The van der Waals surface area contributed by atoms with Crippen LogP contribution in [-0.2, 0) is 0 Å². The molecule has 0 spiro atoms. The molecule has 1 aliphatic carbocycles. The fraction of sp³-hybridized carbons (Fsp3) is 0.182. The van der Waals surface area contributed by atoms with Crippen molar-refractivity contribution in [2.24, 2.45) is 0 Å². The third kappa shape index (κ3) is 2.64. The molecule has 0 radical (unpaired) electrons. The fourth-order valence-electron chi connectivity index (χ4n) is 3.53. The molecule has 26 heavy (non-hydrogen) atoms. The Morgan fingerprint density at radius 3 is 2.50 bits per heavy atom. The van der Waals surface area contributed by atoms with Crippen LogP contribution in [0.4, 0.5) is 5.69 Å². The van der Waals surface area contributed by atoms with Crippen molar-refractivity contribution in [1.29, 1.82) is 0 Å². The third-order valence-electron chi connectivity index (χ3n) is 5.15. The second-order valence-corrected chi connectivity index (χ2v) is 6.84. The van der Waals surface area contributed by atoms with Crippen LogP contribution in [0, 0.1) is 0 Å². The summed E-state index contributed by atoms with van der Waals surface area (Å²) >= 11 is 0. The molecular weight excluding hydrogens is 320 g/mol. The van der Waals surface area contributed by atoms with E-state index in [9.17, 15) is 0 Å². The zero-order valence-corrected chi connectivity index (χ0v) is 14.5. The minimum atomic E-state index is 0.640. The smallest absolute Gasteiger partial charge is 0.116 e. The Labute approximate surface area is 152 Å². The molecule has 1 saturated carbocycles. The van der Waals surface area contributed by atoms with Crippen LogP contribution in [0.2, 0.25) is 0 Å². The molecule has 4 heteroatoms. The summed E-state index contributed by atoms with van der Waals surface area (Å²) in [5.74, 6) is 0. The number of benzene rings is 2. The van der Waals surface area contributed by atoms with E-state index in [0.717, 1.165) is 22.4 Å². The Kier molecular flexibility index (Phi) is 3.67. The number of nitrogens with one attached hydrogen (secondary N) is 1. The summed E-state index contributed by atoms with van der Waals surface area (Å²) in [6, 6.07) is 21.9. The molecule has 0 atom stereocenters. The summed E-state index contributed by atoms with van der Waals surface area (Å²) in [6.45, 7) is 0. The topological polar surface area (TPSA) is 42.7 Å². The van der Waals surface area contributed by atoms with Crippen LogP contribution < -0.4 is 5.32 Å². The SMILES string of the molecule is c1ccc(-c2cc3ncncc3n2-c2ccc(NC3CCC3)cc2)cc1. The Hall–Kier alpha value is -3.14. The first-order valence-electron chi connectivity index (χ1n) is 9.12. The summed E-state index contributed by atoms with van der Waals surface area (Å²) < 4.78 is 2.23. The van der Waals surface area contributed by atoms with Crippen LogP contribution in [0.25, 0.3) is 28.0 Å². The largest absolute Gasteiger partial charge is 0.382 e. The van der Waals surface area contributed by atoms with Gasteiger partial charge in [-0.25, -0.2) is 9.97 Å². The standard InChI is InChI=1S/C22H20N4/c1-2-5-16(6-3-1)21-13-20-22(14-23-15-24-20)26(21)19-11-9-18(10-12-19)25-17-7-4-8-17/h1-3,5-6,9-15,17,25H,4,7-8H2. The minimum absolute atomic E-state index is 0.640. The highest BCUT2D eigenvalue weighted by atomic mass is 15.0. The van der Waals surface area contributed by atoms with E-state index in [1.165, 1.54) is 30.5 Å². The molecule has 128 valence electrons. The van der Waals surface area contributed by atoms with Crippen molar-refractivity contribution in [1.82, 2.24) is 14.5 Å². The van der Waals surface area contributed by atoms with Gasteiger partial charge in [0.05, 0.1) is 22.9 Å². The fourth-order valence-corrected chi connectivity index (χ4v) is 3.53. The van der Waals surface area contributed by atoms with Gasteiger partial charge in [-0.15, -0.1) is 0 Å². The maximum Gasteiger partial charge on any atom is 0.116 e. The van der Waals surface area contributed by atoms with Gasteiger partial charge in [0.25, 0.3) is 0 Å². The molecule has 0 bridgehead atoms. The zero-order chi connectivity index (χ0) is 17.3. The first-order valence-corrected chi connectivity index (χ1v) is 9.12. The molecule has 0 amide bonds. The summed E-state index contributed by atoms with van der Waals surface area (Å²) in [4.78, 5) is 8.68. The lowest BCUT2D eigenvalue weighted by atomic mass is 9.93. The normalized spacial score (nSPS) is 14.3. The van der Waals surface area contributed by atoms with Crippen molar-refractivity contribution >= 4 is 16.7 Å². The highest BCUT2D eigenvalue weighted by molar-refractivity contribution is 5.85. The average molecular weight is 340 g/mol. The van der Waals surface area contributed by atoms with Crippen molar-refractivity contribution in [3.05, 3.63) is 73.2 Å². The van der Waals surface area contributed by atoms with Gasteiger partial charge in [0.15, 0.2) is 0 Å². The van der Waals surface area contributed by atoms with E-state index in [4.69, 9.17) is 0 Å². The van der Waals surface area contributed by atoms with Crippen LogP contribution in [0.3, 0.4) is 0 Å². The predicted octanol–water partition coefficient (Wildman–Crippen LogP) is 5.05. The van der Waals surface area contributed by atoms with E-state index >= 15 is 0 Å². The van der Waals surface area contributed by atoms with Gasteiger partial charge in [0.1, 0.15) is 6.33 Å². The molecule has 2 heterocycles. The van der Waals surface area contributed by atoms with Crippen molar-refractivity contribution < 1.29 is 0 Å². The molecule has 4 aromatic rings. The van der Waals surface area contributed by atoms with E-state index in [0.29, 0.717) is 6.04 Å². The second kappa shape index (κ2) is 6.30. The number of nitrogens with zero attached hydrogens (tertiary/aromatic N) is 3. The van der Waals surface area contributed by atoms with E-state index in [1.807, 2.05) is 12.3 Å². The average Bonchev–Trinajstić information content (AvgIpc) is 3.05. The van der Waals surface area contributed by atoms with Gasteiger partial charge < -0.3 is 9.88 Å². The molecule has 1 N–H and O–H groups in total. The number of aromatic nitrogens is 3. The predicted molar refractivity (Wildman–Crippen MR) is 106 cm³/mol. The lowest BCUT2D eigenvalue weighted by Gasteiger charge is -2.27. The second-order valence-electron chi connectivity index (χ2n) is 6.84. The van der Waals surface area contributed by atoms with Crippen LogP contribution in [0.1, 0.15) is 19.3 Å². The highest BCUT2D eigenvalue weighted by Crippen LogP contribution is 2.31. The molecular formula is C22H20N4. The van der Waals surface area contributed by atoms with Crippen molar-refractivity contribution in [2.45, 2.75) is 25.3 Å². The van der Waals surface area contributed by atoms with Gasteiger partial charge in [-0.3, -0.25) is 0 Å². The van der Waals surface area contributed by atoms with E-state index in [-0.39, 0.29) is 0 Å².